The van der Waals surface area contributed by atoms with Crippen LogP contribution in [0.5, 0.6) is 17.2 Å². The Bertz CT molecular complexity index is 2070. The van der Waals surface area contributed by atoms with Crippen LogP contribution in [0.15, 0.2) is 140 Å². The summed E-state index contributed by atoms with van der Waals surface area (Å²) in [4.78, 5) is 0. The highest BCUT2D eigenvalue weighted by Gasteiger charge is 2.21. The van der Waals surface area contributed by atoms with Crippen LogP contribution < -0.4 is 19.5 Å². The lowest BCUT2D eigenvalue weighted by Gasteiger charge is -2.21. The molecule has 59 heavy (non-hydrogen) atoms. The zero-order valence-corrected chi connectivity index (χ0v) is 35.0. The molecule has 0 aliphatic heterocycles. The van der Waals surface area contributed by atoms with Gasteiger partial charge in [0.1, 0.15) is 40.5 Å². The molecule has 0 saturated carbocycles. The summed E-state index contributed by atoms with van der Waals surface area (Å²) in [5.74, 6) is 1.64. The van der Waals surface area contributed by atoms with Gasteiger partial charge >= 0.3 is 0 Å². The molecule has 0 heterocycles. The molecule has 0 amide bonds. The Morgan fingerprint density at radius 2 is 0.831 bits per heavy atom. The summed E-state index contributed by atoms with van der Waals surface area (Å²) in [6.45, 7) is 5.05. The van der Waals surface area contributed by atoms with Gasteiger partial charge in [-0.15, -0.1) is 0 Å². The van der Waals surface area contributed by atoms with Crippen LogP contribution in [0.2, 0.25) is 0 Å². The molecular formula is C51H57F4NO3. The summed E-state index contributed by atoms with van der Waals surface area (Å²) >= 11 is 0. The maximum absolute atomic E-state index is 13.5. The first kappa shape index (κ1) is 46.1. The number of hydrogen-bond acceptors (Lipinski definition) is 4. The second kappa shape index (κ2) is 24.4. The summed E-state index contributed by atoms with van der Waals surface area (Å²) in [5.41, 5.74) is 5.81. The van der Waals surface area contributed by atoms with Crippen molar-refractivity contribution in [2.24, 2.45) is 0 Å². The minimum absolute atomic E-state index is 0.00106. The molecule has 0 aromatic heterocycles. The normalized spacial score (nSPS) is 11.3. The Morgan fingerprint density at radius 3 is 1.25 bits per heavy atom. The van der Waals surface area contributed by atoms with Crippen LogP contribution in [-0.4, -0.2) is 34.9 Å². The van der Waals surface area contributed by atoms with E-state index in [2.05, 4.69) is 43.4 Å². The molecule has 8 heteroatoms. The van der Waals surface area contributed by atoms with E-state index in [9.17, 15) is 17.6 Å². The van der Waals surface area contributed by atoms with Gasteiger partial charge in [-0.2, -0.15) is 0 Å². The number of benzene rings is 6. The van der Waals surface area contributed by atoms with E-state index in [1.807, 2.05) is 49.5 Å². The van der Waals surface area contributed by atoms with Gasteiger partial charge in [-0.1, -0.05) is 99.5 Å². The van der Waals surface area contributed by atoms with Gasteiger partial charge in [0.2, 0.25) is 0 Å². The topological polar surface area (TPSA) is 39.7 Å². The summed E-state index contributed by atoms with van der Waals surface area (Å²) in [6.07, 6.45) is 4.70. The Balaban J connectivity index is 0.000000196. The van der Waals surface area contributed by atoms with E-state index in [-0.39, 0.29) is 35.1 Å². The molecule has 1 N–H and O–H groups in total. The van der Waals surface area contributed by atoms with Crippen LogP contribution in [0.4, 0.5) is 17.6 Å². The monoisotopic (exact) mass is 807 g/mol. The van der Waals surface area contributed by atoms with Crippen molar-refractivity contribution in [3.63, 3.8) is 0 Å². The number of methoxy groups -OCH3 is 3. The van der Waals surface area contributed by atoms with Gasteiger partial charge in [-0.3, -0.25) is 0 Å². The van der Waals surface area contributed by atoms with Crippen LogP contribution in [0.1, 0.15) is 97.1 Å². The first-order valence-electron chi connectivity index (χ1n) is 20.2. The maximum Gasteiger partial charge on any atom is 0.123 e. The second-order valence-electron chi connectivity index (χ2n) is 14.2. The number of para-hydroxylation sites is 2. The maximum atomic E-state index is 13.5. The SMILES string of the molecule is CCCC(c1cccc(F)c1)c1cc(F)ccc1OC.CCCC(c1ccccc1OC)c1ccccc1OC.CNCCC(c1cccc(F)c1)c1cccc(F)c1. The Labute approximate surface area is 348 Å². The number of rotatable bonds is 16. The average molecular weight is 808 g/mol. The van der Waals surface area contributed by atoms with Crippen LogP contribution in [0.25, 0.3) is 0 Å². The molecule has 0 aliphatic carbocycles. The van der Waals surface area contributed by atoms with Crippen molar-refractivity contribution in [1.82, 2.24) is 5.32 Å². The standard InChI is InChI=1S/C18H22O2.C17H18F2O.C16H17F2N/c1-4-9-14(15-10-5-7-12-17(15)19-2)16-11-6-8-13-18(16)20-3;1-3-5-15(12-6-4-7-13(18)10-12)16-11-14(19)8-9-17(16)20-2;1-19-9-8-16(12-4-2-6-14(17)10-12)13-5-3-7-15(18)11-13/h5-8,10-14H,4,9H2,1-3H3;4,6-11,15H,3,5H2,1-2H3;2-7,10-11,16,19H,8-9H2,1H3. The summed E-state index contributed by atoms with van der Waals surface area (Å²) in [7, 11) is 6.88. The fraction of sp³-hybridized carbons (Fsp3) is 0.294. The summed E-state index contributed by atoms with van der Waals surface area (Å²) in [6, 6.07) is 40.4. The highest BCUT2D eigenvalue weighted by atomic mass is 19.1. The van der Waals surface area contributed by atoms with Crippen LogP contribution in [0, 0.1) is 23.3 Å². The van der Waals surface area contributed by atoms with E-state index in [4.69, 9.17) is 14.2 Å². The minimum atomic E-state index is -0.307. The molecule has 312 valence electrons. The van der Waals surface area contributed by atoms with Crippen molar-refractivity contribution in [3.8, 4) is 17.2 Å². The molecule has 4 nitrogen and oxygen atoms in total. The van der Waals surface area contributed by atoms with Crippen LogP contribution >= 0.6 is 0 Å². The quantitative estimate of drug-likeness (QED) is 0.0989. The lowest BCUT2D eigenvalue weighted by Crippen LogP contribution is -2.13. The zero-order valence-electron chi connectivity index (χ0n) is 35.0. The smallest absolute Gasteiger partial charge is 0.123 e. The van der Waals surface area contributed by atoms with Crippen LogP contribution in [-0.2, 0) is 0 Å². The van der Waals surface area contributed by atoms with Gasteiger partial charge in [0.15, 0.2) is 0 Å². The van der Waals surface area contributed by atoms with E-state index in [1.165, 1.54) is 59.7 Å². The highest BCUT2D eigenvalue weighted by molar-refractivity contribution is 5.47. The number of halogens is 4. The van der Waals surface area contributed by atoms with Gasteiger partial charge in [0.05, 0.1) is 21.3 Å². The molecule has 0 spiro atoms. The molecule has 1 unspecified atom stereocenters. The van der Waals surface area contributed by atoms with E-state index < -0.39 is 0 Å². The van der Waals surface area contributed by atoms with Gasteiger partial charge < -0.3 is 19.5 Å². The van der Waals surface area contributed by atoms with Gasteiger partial charge in [0.25, 0.3) is 0 Å². The Kier molecular flexibility index (Phi) is 19.0. The van der Waals surface area contributed by atoms with Gasteiger partial charge in [-0.05, 0) is 116 Å². The van der Waals surface area contributed by atoms with Crippen molar-refractivity contribution >= 4 is 0 Å². The zero-order chi connectivity index (χ0) is 42.6. The fourth-order valence-corrected chi connectivity index (χ4v) is 7.43. The van der Waals surface area contributed by atoms with E-state index in [0.717, 1.165) is 72.4 Å². The molecule has 0 aliphatic rings. The first-order chi connectivity index (χ1) is 28.7. The molecule has 0 fully saturated rings. The average Bonchev–Trinajstić information content (AvgIpc) is 3.25. The van der Waals surface area contributed by atoms with Crippen LogP contribution in [0.3, 0.4) is 0 Å². The van der Waals surface area contributed by atoms with Crippen molar-refractivity contribution in [2.45, 2.75) is 63.7 Å². The van der Waals surface area contributed by atoms with Crippen molar-refractivity contribution < 1.29 is 31.8 Å². The fourth-order valence-electron chi connectivity index (χ4n) is 7.43. The lowest BCUT2D eigenvalue weighted by molar-refractivity contribution is 0.397. The molecule has 0 saturated heterocycles. The van der Waals surface area contributed by atoms with Crippen molar-refractivity contribution in [3.05, 3.63) is 196 Å². The van der Waals surface area contributed by atoms with E-state index in [1.54, 1.807) is 45.6 Å². The molecule has 6 rings (SSSR count). The number of ether oxygens (including phenoxy) is 3. The molecule has 6 aromatic rings. The minimum Gasteiger partial charge on any atom is -0.496 e. The second-order valence-corrected chi connectivity index (χ2v) is 14.2. The molecular weight excluding hydrogens is 751 g/mol. The largest absolute Gasteiger partial charge is 0.496 e. The molecule has 1 atom stereocenters. The molecule has 0 radical (unpaired) electrons. The van der Waals surface area contributed by atoms with Crippen molar-refractivity contribution in [1.29, 1.82) is 0 Å². The molecule has 6 aromatic carbocycles. The summed E-state index contributed by atoms with van der Waals surface area (Å²) < 4.78 is 70.1. The van der Waals surface area contributed by atoms with Crippen molar-refractivity contribution in [2.75, 3.05) is 34.9 Å². The Hall–Kier alpha value is -5.60. The third-order valence-electron chi connectivity index (χ3n) is 10.2. The number of hydrogen-bond donors (Lipinski definition) is 1. The first-order valence-corrected chi connectivity index (χ1v) is 20.2. The molecule has 0 bridgehead atoms. The van der Waals surface area contributed by atoms with Gasteiger partial charge in [0, 0.05) is 34.4 Å². The van der Waals surface area contributed by atoms with E-state index in [0.29, 0.717) is 11.7 Å². The van der Waals surface area contributed by atoms with E-state index >= 15 is 0 Å². The third kappa shape index (κ3) is 13.5. The lowest BCUT2D eigenvalue weighted by atomic mass is 9.86. The van der Waals surface area contributed by atoms with Gasteiger partial charge in [-0.25, -0.2) is 17.6 Å². The predicted octanol–water partition coefficient (Wildman–Crippen LogP) is 13.2. The number of nitrogens with one attached hydrogen (secondary N) is 1. The highest BCUT2D eigenvalue weighted by Crippen LogP contribution is 2.39. The third-order valence-corrected chi connectivity index (χ3v) is 10.2. The Morgan fingerprint density at radius 1 is 0.424 bits per heavy atom. The predicted molar refractivity (Wildman–Crippen MR) is 232 cm³/mol. The summed E-state index contributed by atoms with van der Waals surface area (Å²) in [5, 5.41) is 3.08.